The van der Waals surface area contributed by atoms with E-state index in [1.165, 1.54) is 11.3 Å². The van der Waals surface area contributed by atoms with Crippen LogP contribution in [0.5, 0.6) is 0 Å². The number of halogens is 2. The fourth-order valence-corrected chi connectivity index (χ4v) is 4.56. The highest BCUT2D eigenvalue weighted by atomic mass is 35.5. The van der Waals surface area contributed by atoms with Gasteiger partial charge in [0.05, 0.1) is 21.8 Å². The van der Waals surface area contributed by atoms with E-state index in [2.05, 4.69) is 49.2 Å². The van der Waals surface area contributed by atoms with Crippen LogP contribution in [-0.4, -0.2) is 24.2 Å². The molecule has 0 aromatic heterocycles. The number of carbonyl (C=O) groups excluding carboxylic acids is 1. The molecule has 3 rings (SSSR count). The van der Waals surface area contributed by atoms with E-state index in [0.29, 0.717) is 21.5 Å². The van der Waals surface area contributed by atoms with Crippen molar-refractivity contribution in [2.75, 3.05) is 11.4 Å². The summed E-state index contributed by atoms with van der Waals surface area (Å²) in [5, 5.41) is 5.10. The average molecular weight is 432 g/mol. The van der Waals surface area contributed by atoms with Crippen molar-refractivity contribution in [3.8, 4) is 0 Å². The van der Waals surface area contributed by atoms with Gasteiger partial charge >= 0.3 is 0 Å². The second-order valence-electron chi connectivity index (χ2n) is 8.18. The molecule has 6 heteroatoms. The van der Waals surface area contributed by atoms with Gasteiger partial charge < -0.3 is 4.90 Å². The van der Waals surface area contributed by atoms with Gasteiger partial charge in [-0.2, -0.15) is 5.10 Å². The van der Waals surface area contributed by atoms with E-state index >= 15 is 0 Å². The Hall–Kier alpha value is -2.04. The molecule has 0 radical (unpaired) electrons. The first kappa shape index (κ1) is 21.7. The van der Waals surface area contributed by atoms with Crippen LogP contribution < -0.4 is 10.3 Å². The first-order valence-corrected chi connectivity index (χ1v) is 10.7. The third kappa shape index (κ3) is 4.59. The van der Waals surface area contributed by atoms with Gasteiger partial charge in [0.25, 0.3) is 5.91 Å². The molecule has 1 atom stereocenters. The third-order valence-electron chi connectivity index (χ3n) is 5.44. The molecular weight excluding hydrogens is 405 g/mol. The van der Waals surface area contributed by atoms with Crippen LogP contribution in [0.25, 0.3) is 0 Å². The number of carbonyl (C=O) groups is 1. The number of nitrogens with one attached hydrogen (secondary N) is 1. The van der Waals surface area contributed by atoms with Crippen LogP contribution in [-0.2, 0) is 0 Å². The predicted octanol–water partition coefficient (Wildman–Crippen LogP) is 6.26. The average Bonchev–Trinajstić information content (AvgIpc) is 2.66. The summed E-state index contributed by atoms with van der Waals surface area (Å²) < 4.78 is 0. The maximum absolute atomic E-state index is 12.3. The Labute approximate surface area is 182 Å². The third-order valence-corrected chi connectivity index (χ3v) is 6.10. The number of hydrogen-bond donors (Lipinski definition) is 1. The zero-order chi connectivity index (χ0) is 21.2. The zero-order valence-corrected chi connectivity index (χ0v) is 18.8. The highest BCUT2D eigenvalue weighted by molar-refractivity contribution is 6.34. The summed E-state index contributed by atoms with van der Waals surface area (Å²) in [5.41, 5.74) is 6.24. The lowest BCUT2D eigenvalue weighted by Crippen LogP contribution is -2.48. The number of hydrogen-bond acceptors (Lipinski definition) is 3. The minimum atomic E-state index is -0.356. The van der Waals surface area contributed by atoms with E-state index in [1.807, 2.05) is 6.07 Å². The molecule has 0 saturated carbocycles. The van der Waals surface area contributed by atoms with Crippen LogP contribution in [0.3, 0.4) is 0 Å². The quantitative estimate of drug-likeness (QED) is 0.448. The Kier molecular flexibility index (Phi) is 6.55. The monoisotopic (exact) mass is 431 g/mol. The largest absolute Gasteiger partial charge is 0.366 e. The summed E-state index contributed by atoms with van der Waals surface area (Å²) in [5.74, 6) is 0.0559. The molecule has 1 amide bonds. The van der Waals surface area contributed by atoms with Crippen molar-refractivity contribution in [2.24, 2.45) is 5.10 Å². The maximum atomic E-state index is 12.3. The van der Waals surface area contributed by atoms with E-state index in [-0.39, 0.29) is 11.4 Å². The van der Waals surface area contributed by atoms with Crippen molar-refractivity contribution in [1.29, 1.82) is 0 Å². The number of nitrogens with zero attached hydrogens (tertiary/aromatic N) is 2. The van der Waals surface area contributed by atoms with Crippen LogP contribution in [0.4, 0.5) is 5.69 Å². The van der Waals surface area contributed by atoms with Crippen molar-refractivity contribution >= 4 is 41.0 Å². The van der Waals surface area contributed by atoms with Gasteiger partial charge in [-0.3, -0.25) is 4.79 Å². The van der Waals surface area contributed by atoms with Gasteiger partial charge in [0, 0.05) is 23.3 Å². The lowest BCUT2D eigenvalue weighted by molar-refractivity contribution is 0.0955. The summed E-state index contributed by atoms with van der Waals surface area (Å²) in [6.45, 7) is 10.0. The highest BCUT2D eigenvalue weighted by Gasteiger charge is 2.36. The summed E-state index contributed by atoms with van der Waals surface area (Å²) in [7, 11) is 0. The molecular formula is C23H27Cl2N3O. The van der Waals surface area contributed by atoms with Gasteiger partial charge in [-0.05, 0) is 62.4 Å². The van der Waals surface area contributed by atoms with Crippen LogP contribution >= 0.6 is 23.2 Å². The number of rotatable bonds is 5. The number of amides is 1. The fourth-order valence-electron chi connectivity index (χ4n) is 4.13. The van der Waals surface area contributed by atoms with Crippen molar-refractivity contribution < 1.29 is 4.79 Å². The molecule has 0 bridgehead atoms. The van der Waals surface area contributed by atoms with Crippen LogP contribution in [0.1, 0.15) is 67.9 Å². The molecule has 2 aromatic carbocycles. The number of benzene rings is 2. The van der Waals surface area contributed by atoms with E-state index in [9.17, 15) is 4.79 Å². The van der Waals surface area contributed by atoms with E-state index < -0.39 is 0 Å². The van der Waals surface area contributed by atoms with Crippen molar-refractivity contribution in [3.05, 3.63) is 63.1 Å². The van der Waals surface area contributed by atoms with Crippen LogP contribution in [0.2, 0.25) is 10.0 Å². The molecule has 154 valence electrons. The number of hydrazone groups is 1. The Morgan fingerprint density at radius 2 is 2.00 bits per heavy atom. The smallest absolute Gasteiger partial charge is 0.272 e. The van der Waals surface area contributed by atoms with Gasteiger partial charge in [0.1, 0.15) is 0 Å². The molecule has 1 N–H and O–H groups in total. The van der Waals surface area contributed by atoms with Gasteiger partial charge in [-0.25, -0.2) is 5.43 Å². The van der Waals surface area contributed by atoms with E-state index in [0.717, 1.165) is 24.9 Å². The van der Waals surface area contributed by atoms with Crippen molar-refractivity contribution in [1.82, 2.24) is 5.43 Å². The Bertz CT molecular complexity index is 940. The second-order valence-corrected chi connectivity index (χ2v) is 9.00. The summed E-state index contributed by atoms with van der Waals surface area (Å²) in [4.78, 5) is 14.7. The molecule has 4 nitrogen and oxygen atoms in total. The molecule has 1 unspecified atom stereocenters. The molecule has 0 spiro atoms. The lowest BCUT2D eigenvalue weighted by Gasteiger charge is -2.47. The number of fused-ring (bicyclic) bond motifs is 1. The van der Waals surface area contributed by atoms with Gasteiger partial charge in [0.2, 0.25) is 0 Å². The zero-order valence-electron chi connectivity index (χ0n) is 17.3. The van der Waals surface area contributed by atoms with Gasteiger partial charge in [-0.15, -0.1) is 0 Å². The molecule has 2 aromatic rings. The molecule has 29 heavy (non-hydrogen) atoms. The molecule has 0 saturated heterocycles. The van der Waals surface area contributed by atoms with E-state index in [1.54, 1.807) is 30.5 Å². The maximum Gasteiger partial charge on any atom is 0.272 e. The second kappa shape index (κ2) is 8.76. The molecule has 1 aliphatic rings. The molecule has 0 aliphatic carbocycles. The SMILES string of the molecule is CCCN1c2cc(Cl)c(/C=N\NC(=O)c3ccccc3Cl)cc2C(C)CC1(C)C. The minimum Gasteiger partial charge on any atom is -0.366 e. The topological polar surface area (TPSA) is 44.7 Å². The first-order valence-electron chi connectivity index (χ1n) is 9.93. The van der Waals surface area contributed by atoms with E-state index in [4.69, 9.17) is 23.2 Å². The number of anilines is 1. The van der Waals surface area contributed by atoms with Crippen LogP contribution in [0, 0.1) is 0 Å². The normalized spacial score (nSPS) is 18.0. The lowest BCUT2D eigenvalue weighted by atomic mass is 9.79. The summed E-state index contributed by atoms with van der Waals surface area (Å²) in [6, 6.07) is 11.0. The Morgan fingerprint density at radius 1 is 1.28 bits per heavy atom. The predicted molar refractivity (Wildman–Crippen MR) is 123 cm³/mol. The standard InChI is InChI=1S/C23H27Cl2N3O/c1-5-10-28-21-12-20(25)16(11-18(21)15(2)13-23(28,3)4)14-26-27-22(29)17-8-6-7-9-19(17)24/h6-9,11-12,14-15H,5,10,13H2,1-4H3,(H,27,29)/b26-14-. The molecule has 1 heterocycles. The minimum absolute atomic E-state index is 0.0876. The summed E-state index contributed by atoms with van der Waals surface area (Å²) in [6.07, 6.45) is 3.74. The molecule has 1 aliphatic heterocycles. The highest BCUT2D eigenvalue weighted by Crippen LogP contribution is 2.45. The van der Waals surface area contributed by atoms with Gasteiger partial charge in [-0.1, -0.05) is 49.2 Å². The molecule has 0 fully saturated rings. The fraction of sp³-hybridized carbons (Fsp3) is 0.391. The summed E-state index contributed by atoms with van der Waals surface area (Å²) >= 11 is 12.6. The van der Waals surface area contributed by atoms with Crippen molar-refractivity contribution in [3.63, 3.8) is 0 Å². The first-order chi connectivity index (χ1) is 13.7. The van der Waals surface area contributed by atoms with Crippen molar-refractivity contribution in [2.45, 2.75) is 52.0 Å². The Morgan fingerprint density at radius 3 is 2.69 bits per heavy atom. The Balaban J connectivity index is 1.85. The van der Waals surface area contributed by atoms with Crippen LogP contribution in [0.15, 0.2) is 41.5 Å². The van der Waals surface area contributed by atoms with Gasteiger partial charge in [0.15, 0.2) is 0 Å².